The number of aliphatic hydroxyl groups is 1. The fourth-order valence-corrected chi connectivity index (χ4v) is 1.21. The maximum absolute atomic E-state index is 11.5. The normalized spacial score (nSPS) is 32.7. The van der Waals surface area contributed by atoms with E-state index in [9.17, 15) is 13.2 Å². The minimum absolute atomic E-state index is 0.0967. The summed E-state index contributed by atoms with van der Waals surface area (Å²) in [5.41, 5.74) is 0. The van der Waals surface area contributed by atoms with E-state index in [0.717, 1.165) is 0 Å². The first kappa shape index (κ1) is 8.80. The fourth-order valence-electron chi connectivity index (χ4n) is 1.21. The lowest BCUT2D eigenvalue weighted by Gasteiger charge is -2.12. The molecule has 1 aliphatic carbocycles. The van der Waals surface area contributed by atoms with Crippen LogP contribution in [0.3, 0.4) is 0 Å². The summed E-state index contributed by atoms with van der Waals surface area (Å²) in [7, 11) is 0. The van der Waals surface area contributed by atoms with Gasteiger partial charge in [0.1, 0.15) is 0 Å². The maximum atomic E-state index is 11.5. The van der Waals surface area contributed by atoms with Crippen molar-refractivity contribution in [1.82, 2.24) is 0 Å². The molecular weight excluding hydrogens is 161 g/mol. The Bertz CT molecular complexity index is 134. The predicted octanol–water partition coefficient (Wildman–Crippen LogP) is 1.44. The molecule has 1 fully saturated rings. The molecule has 2 atom stereocenters. The van der Waals surface area contributed by atoms with Crippen LogP contribution < -0.4 is 0 Å². The number of hydrogen-bond acceptors (Lipinski definition) is 2. The lowest BCUT2D eigenvalue weighted by molar-refractivity contribution is -0.342. The molecule has 0 aromatic rings. The number of hydrogen-bond donors (Lipinski definition) is 1. The van der Waals surface area contributed by atoms with Crippen LogP contribution in [0.2, 0.25) is 0 Å². The van der Waals surface area contributed by atoms with Gasteiger partial charge in [-0.05, 0) is 19.3 Å². The SMILES string of the molecule is OC1CCC(OC(F)(F)F)C1. The van der Waals surface area contributed by atoms with Crippen LogP contribution in [0.1, 0.15) is 19.3 Å². The summed E-state index contributed by atoms with van der Waals surface area (Å²) >= 11 is 0. The van der Waals surface area contributed by atoms with Crippen LogP contribution in [0.5, 0.6) is 0 Å². The van der Waals surface area contributed by atoms with E-state index in [-0.39, 0.29) is 6.42 Å². The van der Waals surface area contributed by atoms with Crippen molar-refractivity contribution >= 4 is 0 Å². The summed E-state index contributed by atoms with van der Waals surface area (Å²) in [6.07, 6.45) is -5.23. The molecule has 66 valence electrons. The first-order valence-corrected chi connectivity index (χ1v) is 3.40. The smallest absolute Gasteiger partial charge is 0.393 e. The molecule has 0 saturated heterocycles. The number of aliphatic hydroxyl groups excluding tert-OH is 1. The van der Waals surface area contributed by atoms with E-state index in [1.807, 2.05) is 0 Å². The number of alkyl halides is 3. The van der Waals surface area contributed by atoms with Gasteiger partial charge >= 0.3 is 6.36 Å². The number of halogens is 3. The van der Waals surface area contributed by atoms with Crippen LogP contribution in [-0.2, 0) is 4.74 Å². The van der Waals surface area contributed by atoms with Crippen LogP contribution in [0, 0.1) is 0 Å². The zero-order valence-corrected chi connectivity index (χ0v) is 5.77. The van der Waals surface area contributed by atoms with Gasteiger partial charge in [0.15, 0.2) is 0 Å². The summed E-state index contributed by atoms with van der Waals surface area (Å²) in [5, 5.41) is 8.85. The molecule has 0 aliphatic heterocycles. The van der Waals surface area contributed by atoms with Gasteiger partial charge in [0.05, 0.1) is 12.2 Å². The molecule has 0 amide bonds. The van der Waals surface area contributed by atoms with E-state index < -0.39 is 18.6 Å². The van der Waals surface area contributed by atoms with E-state index >= 15 is 0 Å². The molecule has 0 aromatic heterocycles. The summed E-state index contributed by atoms with van der Waals surface area (Å²) in [5.74, 6) is 0. The van der Waals surface area contributed by atoms with Crippen molar-refractivity contribution in [3.8, 4) is 0 Å². The molecule has 0 bridgehead atoms. The second-order valence-corrected chi connectivity index (χ2v) is 2.65. The Morgan fingerprint density at radius 1 is 1.27 bits per heavy atom. The third kappa shape index (κ3) is 3.07. The highest BCUT2D eigenvalue weighted by molar-refractivity contribution is 4.74. The molecule has 1 rings (SSSR count). The minimum atomic E-state index is -4.56. The highest BCUT2D eigenvalue weighted by Crippen LogP contribution is 2.28. The fraction of sp³-hybridized carbons (Fsp3) is 1.00. The Kier molecular flexibility index (Phi) is 2.39. The molecule has 11 heavy (non-hydrogen) atoms. The average Bonchev–Trinajstić information content (AvgIpc) is 2.10. The molecule has 1 N–H and O–H groups in total. The Morgan fingerprint density at radius 3 is 2.27 bits per heavy atom. The standard InChI is InChI=1S/C6H9F3O2/c7-6(8,9)11-5-2-1-4(10)3-5/h4-5,10H,1-3H2. The molecule has 2 unspecified atom stereocenters. The summed E-state index contributed by atoms with van der Waals surface area (Å²) < 4.78 is 38.3. The van der Waals surface area contributed by atoms with Crippen molar-refractivity contribution in [1.29, 1.82) is 0 Å². The van der Waals surface area contributed by atoms with Gasteiger partial charge in [-0.15, -0.1) is 13.2 Å². The predicted molar refractivity (Wildman–Crippen MR) is 30.8 cm³/mol. The van der Waals surface area contributed by atoms with Gasteiger partial charge in [0.25, 0.3) is 0 Å². The molecule has 1 aliphatic rings. The highest BCUT2D eigenvalue weighted by atomic mass is 19.4. The largest absolute Gasteiger partial charge is 0.522 e. The lowest BCUT2D eigenvalue weighted by Crippen LogP contribution is -2.22. The summed E-state index contributed by atoms with van der Waals surface area (Å²) in [6.45, 7) is 0. The molecular formula is C6H9F3O2. The lowest BCUT2D eigenvalue weighted by atomic mass is 10.3. The van der Waals surface area contributed by atoms with Gasteiger partial charge in [-0.25, -0.2) is 0 Å². The Morgan fingerprint density at radius 2 is 1.91 bits per heavy atom. The first-order valence-electron chi connectivity index (χ1n) is 3.40. The van der Waals surface area contributed by atoms with E-state index in [1.54, 1.807) is 0 Å². The van der Waals surface area contributed by atoms with E-state index in [1.165, 1.54) is 0 Å². The molecule has 0 spiro atoms. The van der Waals surface area contributed by atoms with Crippen LogP contribution in [0.15, 0.2) is 0 Å². The highest BCUT2D eigenvalue weighted by Gasteiger charge is 2.36. The van der Waals surface area contributed by atoms with Gasteiger partial charge in [-0.2, -0.15) is 0 Å². The van der Waals surface area contributed by atoms with Crippen molar-refractivity contribution in [3.05, 3.63) is 0 Å². The van der Waals surface area contributed by atoms with Crippen LogP contribution in [0.4, 0.5) is 13.2 Å². The van der Waals surface area contributed by atoms with Gasteiger partial charge in [-0.1, -0.05) is 0 Å². The molecule has 1 saturated carbocycles. The summed E-state index contributed by atoms with van der Waals surface area (Å²) in [4.78, 5) is 0. The third-order valence-electron chi connectivity index (χ3n) is 1.66. The van der Waals surface area contributed by atoms with Crippen molar-refractivity contribution in [2.24, 2.45) is 0 Å². The van der Waals surface area contributed by atoms with E-state index in [2.05, 4.69) is 4.74 Å². The zero-order chi connectivity index (χ0) is 8.48. The molecule has 5 heteroatoms. The Labute approximate surface area is 62.0 Å². The number of ether oxygens (including phenoxy) is 1. The van der Waals surface area contributed by atoms with Gasteiger partial charge in [-0.3, -0.25) is 4.74 Å². The van der Waals surface area contributed by atoms with Gasteiger partial charge in [0.2, 0.25) is 0 Å². The van der Waals surface area contributed by atoms with E-state index in [4.69, 9.17) is 5.11 Å². The van der Waals surface area contributed by atoms with Crippen molar-refractivity contribution < 1.29 is 23.0 Å². The third-order valence-corrected chi connectivity index (χ3v) is 1.66. The molecule has 2 nitrogen and oxygen atoms in total. The zero-order valence-electron chi connectivity index (χ0n) is 5.77. The monoisotopic (exact) mass is 170 g/mol. The van der Waals surface area contributed by atoms with Crippen molar-refractivity contribution in [2.75, 3.05) is 0 Å². The molecule has 0 radical (unpaired) electrons. The van der Waals surface area contributed by atoms with Gasteiger partial charge in [0, 0.05) is 0 Å². The number of rotatable bonds is 1. The van der Waals surface area contributed by atoms with Gasteiger partial charge < -0.3 is 5.11 Å². The second kappa shape index (κ2) is 2.98. The van der Waals surface area contributed by atoms with Crippen LogP contribution in [0.25, 0.3) is 0 Å². The van der Waals surface area contributed by atoms with Crippen molar-refractivity contribution in [2.45, 2.75) is 37.8 Å². The molecule has 0 aromatic carbocycles. The second-order valence-electron chi connectivity index (χ2n) is 2.65. The minimum Gasteiger partial charge on any atom is -0.393 e. The van der Waals surface area contributed by atoms with Crippen LogP contribution >= 0.6 is 0 Å². The Balaban J connectivity index is 2.29. The quantitative estimate of drug-likeness (QED) is 0.645. The topological polar surface area (TPSA) is 29.5 Å². The average molecular weight is 170 g/mol. The van der Waals surface area contributed by atoms with E-state index in [0.29, 0.717) is 12.8 Å². The van der Waals surface area contributed by atoms with Crippen LogP contribution in [-0.4, -0.2) is 23.7 Å². The maximum Gasteiger partial charge on any atom is 0.522 e. The first-order chi connectivity index (χ1) is 4.97. The summed E-state index contributed by atoms with van der Waals surface area (Å²) in [6, 6.07) is 0. The van der Waals surface area contributed by atoms with Crippen molar-refractivity contribution in [3.63, 3.8) is 0 Å². The molecule has 0 heterocycles. The Hall–Kier alpha value is -0.290.